The molecule has 2 aromatic carbocycles. The van der Waals surface area contributed by atoms with Gasteiger partial charge in [-0.1, -0.05) is 36.1 Å². The average molecular weight is 229 g/mol. The molecule has 0 aliphatic rings. The second-order valence-corrected chi connectivity index (χ2v) is 3.53. The van der Waals surface area contributed by atoms with E-state index in [1.165, 1.54) is 0 Å². The smallest absolute Gasteiger partial charge is 0.196 e. The highest BCUT2D eigenvalue weighted by Crippen LogP contribution is 2.31. The van der Waals surface area contributed by atoms with Gasteiger partial charge in [-0.25, -0.2) is 0 Å². The number of phenolic OH excluding ortho intramolecular Hbond substituents is 2. The van der Waals surface area contributed by atoms with Crippen LogP contribution in [0.25, 0.3) is 0 Å². The van der Waals surface area contributed by atoms with Gasteiger partial charge in [0.05, 0.1) is 5.56 Å². The molecular formula is C13H9O4-. The van der Waals surface area contributed by atoms with Crippen LogP contribution in [0.2, 0.25) is 0 Å². The fourth-order valence-electron chi connectivity index (χ4n) is 1.55. The Bertz CT molecular complexity index is 538. The minimum absolute atomic E-state index is 0.311. The van der Waals surface area contributed by atoms with Crippen LogP contribution in [0.15, 0.2) is 42.5 Å². The second kappa shape index (κ2) is 4.17. The number of ketones is 1. The van der Waals surface area contributed by atoms with Crippen molar-refractivity contribution in [1.82, 2.24) is 0 Å². The third-order valence-corrected chi connectivity index (χ3v) is 2.33. The largest absolute Gasteiger partial charge is 0.872 e. The maximum Gasteiger partial charge on any atom is 0.196 e. The van der Waals surface area contributed by atoms with Gasteiger partial charge in [-0.15, -0.1) is 0 Å². The number of carbonyl (C=O) groups is 1. The van der Waals surface area contributed by atoms with E-state index < -0.39 is 17.3 Å². The van der Waals surface area contributed by atoms with Crippen molar-refractivity contribution in [2.45, 2.75) is 0 Å². The molecule has 0 amide bonds. The molecule has 2 aromatic rings. The van der Waals surface area contributed by atoms with Crippen molar-refractivity contribution in [1.29, 1.82) is 0 Å². The van der Waals surface area contributed by atoms with Crippen LogP contribution >= 0.6 is 0 Å². The van der Waals surface area contributed by atoms with E-state index in [2.05, 4.69) is 0 Å². The predicted molar refractivity (Wildman–Crippen MR) is 59.1 cm³/mol. The summed E-state index contributed by atoms with van der Waals surface area (Å²) in [7, 11) is 0. The Kier molecular flexibility index (Phi) is 2.70. The molecule has 2 rings (SSSR count). The van der Waals surface area contributed by atoms with E-state index in [9.17, 15) is 15.0 Å². The summed E-state index contributed by atoms with van der Waals surface area (Å²) in [5.41, 5.74) is -0.0143. The third kappa shape index (κ3) is 2.06. The highest BCUT2D eigenvalue weighted by Gasteiger charge is 2.14. The number of rotatable bonds is 2. The summed E-state index contributed by atoms with van der Waals surface area (Å²) in [5, 5.41) is 30.2. The highest BCUT2D eigenvalue weighted by atomic mass is 16.3. The van der Waals surface area contributed by atoms with E-state index >= 15 is 0 Å². The Morgan fingerprint density at radius 2 is 1.71 bits per heavy atom. The molecule has 17 heavy (non-hydrogen) atoms. The first-order valence-corrected chi connectivity index (χ1v) is 4.92. The van der Waals surface area contributed by atoms with Gasteiger partial charge in [0.2, 0.25) is 0 Å². The summed E-state index contributed by atoms with van der Waals surface area (Å²) < 4.78 is 0. The molecule has 0 saturated carbocycles. The lowest BCUT2D eigenvalue weighted by Gasteiger charge is -2.14. The molecule has 0 aliphatic carbocycles. The van der Waals surface area contributed by atoms with Crippen LogP contribution in [0, 0.1) is 0 Å². The first-order valence-electron chi connectivity index (χ1n) is 4.92. The Labute approximate surface area is 97.4 Å². The summed E-state index contributed by atoms with van der Waals surface area (Å²) in [6, 6.07) is 10.0. The first kappa shape index (κ1) is 11.0. The Morgan fingerprint density at radius 1 is 1.06 bits per heavy atom. The van der Waals surface area contributed by atoms with Gasteiger partial charge in [0.15, 0.2) is 5.78 Å². The van der Waals surface area contributed by atoms with Crippen molar-refractivity contribution >= 4 is 5.78 Å². The van der Waals surface area contributed by atoms with Gasteiger partial charge < -0.3 is 15.3 Å². The van der Waals surface area contributed by atoms with Crippen LogP contribution in [-0.4, -0.2) is 16.0 Å². The van der Waals surface area contributed by atoms with Gasteiger partial charge >= 0.3 is 0 Å². The molecule has 0 bridgehead atoms. The molecule has 0 fully saturated rings. The number of aromatic hydroxyl groups is 2. The van der Waals surface area contributed by atoms with Crippen molar-refractivity contribution in [2.24, 2.45) is 0 Å². The molecule has 0 heterocycles. The van der Waals surface area contributed by atoms with Gasteiger partial charge in [0.1, 0.15) is 11.5 Å². The molecule has 86 valence electrons. The quantitative estimate of drug-likeness (QED) is 0.763. The lowest BCUT2D eigenvalue weighted by molar-refractivity contribution is -0.268. The molecule has 0 spiro atoms. The van der Waals surface area contributed by atoms with Crippen LogP contribution in [-0.2, 0) is 0 Å². The number of benzene rings is 2. The molecule has 4 heteroatoms. The molecular weight excluding hydrogens is 220 g/mol. The minimum atomic E-state index is -0.698. The number of phenols is 2. The zero-order valence-corrected chi connectivity index (χ0v) is 8.75. The minimum Gasteiger partial charge on any atom is -0.872 e. The van der Waals surface area contributed by atoms with Gasteiger partial charge in [-0.3, -0.25) is 4.79 Å². The van der Waals surface area contributed by atoms with Gasteiger partial charge in [0, 0.05) is 11.6 Å². The summed E-state index contributed by atoms with van der Waals surface area (Å²) in [6.07, 6.45) is 0. The molecule has 0 unspecified atom stereocenters. The lowest BCUT2D eigenvalue weighted by atomic mass is 10.0. The van der Waals surface area contributed by atoms with Crippen LogP contribution in [0.1, 0.15) is 15.9 Å². The summed E-state index contributed by atoms with van der Waals surface area (Å²) in [6.45, 7) is 0. The van der Waals surface area contributed by atoms with Crippen LogP contribution in [0.5, 0.6) is 17.2 Å². The standard InChI is InChI=1S/C13H10O4/c14-9-6-10(15)12(11(16)7-9)13(17)8-4-2-1-3-5-8/h1-7,14-16H/p-1. The Hall–Kier alpha value is -2.49. The van der Waals surface area contributed by atoms with Crippen LogP contribution in [0.3, 0.4) is 0 Å². The van der Waals surface area contributed by atoms with E-state index in [1.54, 1.807) is 30.3 Å². The van der Waals surface area contributed by atoms with Crippen molar-refractivity contribution in [3.63, 3.8) is 0 Å². The fraction of sp³-hybridized carbons (Fsp3) is 0. The van der Waals surface area contributed by atoms with Gasteiger partial charge in [0.25, 0.3) is 0 Å². The molecule has 2 N–H and O–H groups in total. The predicted octanol–water partition coefficient (Wildman–Crippen LogP) is 1.40. The van der Waals surface area contributed by atoms with E-state index in [1.807, 2.05) is 0 Å². The maximum atomic E-state index is 12.0. The molecule has 4 nitrogen and oxygen atoms in total. The van der Waals surface area contributed by atoms with E-state index in [-0.39, 0.29) is 11.3 Å². The van der Waals surface area contributed by atoms with E-state index in [0.29, 0.717) is 5.56 Å². The van der Waals surface area contributed by atoms with Crippen molar-refractivity contribution < 1.29 is 20.1 Å². The maximum absolute atomic E-state index is 12.0. The lowest BCUT2D eigenvalue weighted by Crippen LogP contribution is -2.06. The van der Waals surface area contributed by atoms with Crippen LogP contribution in [0.4, 0.5) is 0 Å². The third-order valence-electron chi connectivity index (χ3n) is 2.33. The van der Waals surface area contributed by atoms with Crippen molar-refractivity contribution in [3.05, 3.63) is 53.6 Å². The van der Waals surface area contributed by atoms with Crippen LogP contribution < -0.4 is 5.11 Å². The van der Waals surface area contributed by atoms with Gasteiger partial charge in [-0.2, -0.15) is 0 Å². The van der Waals surface area contributed by atoms with Crippen molar-refractivity contribution in [3.8, 4) is 17.2 Å². The molecule has 0 aromatic heterocycles. The SMILES string of the molecule is O=C(c1ccccc1)c1c([O-])cc(O)cc1O. The van der Waals surface area contributed by atoms with E-state index in [0.717, 1.165) is 12.1 Å². The van der Waals surface area contributed by atoms with E-state index in [4.69, 9.17) is 5.11 Å². The monoisotopic (exact) mass is 229 g/mol. The second-order valence-electron chi connectivity index (χ2n) is 3.53. The fourth-order valence-corrected chi connectivity index (χ4v) is 1.55. The number of hydrogen-bond acceptors (Lipinski definition) is 4. The topological polar surface area (TPSA) is 80.6 Å². The van der Waals surface area contributed by atoms with Gasteiger partial charge in [-0.05, 0) is 6.07 Å². The Balaban J connectivity index is 2.52. The average Bonchev–Trinajstić information content (AvgIpc) is 2.28. The number of carbonyl (C=O) groups excluding carboxylic acids is 1. The zero-order valence-electron chi connectivity index (χ0n) is 8.75. The Morgan fingerprint density at radius 3 is 2.29 bits per heavy atom. The summed E-state index contributed by atoms with van der Waals surface area (Å²) in [4.78, 5) is 12.0. The number of hydrogen-bond donors (Lipinski definition) is 2. The molecule has 0 atom stereocenters. The normalized spacial score (nSPS) is 10.1. The molecule has 0 radical (unpaired) electrons. The summed E-state index contributed by atoms with van der Waals surface area (Å²) >= 11 is 0. The molecule has 0 saturated heterocycles. The summed E-state index contributed by atoms with van der Waals surface area (Å²) in [5.74, 6) is -2.13. The first-order chi connectivity index (χ1) is 8.09. The highest BCUT2D eigenvalue weighted by molar-refractivity contribution is 6.12. The van der Waals surface area contributed by atoms with Crippen molar-refractivity contribution in [2.75, 3.05) is 0 Å². The zero-order chi connectivity index (χ0) is 12.4. The molecule has 0 aliphatic heterocycles.